The van der Waals surface area contributed by atoms with E-state index in [1.807, 2.05) is 31.2 Å². The number of nitrogens with zero attached hydrogens (tertiary/aromatic N) is 3. The average Bonchev–Trinajstić information content (AvgIpc) is 3.39. The molecular formula is C24H25N5O3S2. The van der Waals surface area contributed by atoms with E-state index < -0.39 is 5.25 Å². The van der Waals surface area contributed by atoms with Crippen LogP contribution in [0.2, 0.25) is 0 Å². The summed E-state index contributed by atoms with van der Waals surface area (Å²) in [5.74, 6) is -0.549. The van der Waals surface area contributed by atoms with Gasteiger partial charge in [0, 0.05) is 15.8 Å². The zero-order valence-corrected chi connectivity index (χ0v) is 20.6. The van der Waals surface area contributed by atoms with E-state index >= 15 is 0 Å². The summed E-state index contributed by atoms with van der Waals surface area (Å²) in [6.45, 7) is 4.03. The number of thioether (sulfide) groups is 1. The van der Waals surface area contributed by atoms with Crippen molar-refractivity contribution in [3.05, 3.63) is 40.3 Å². The molecule has 10 heteroatoms. The van der Waals surface area contributed by atoms with Gasteiger partial charge in [0.2, 0.25) is 11.1 Å². The molecule has 0 saturated heterocycles. The quantitative estimate of drug-likeness (QED) is 0.270. The molecule has 1 aliphatic rings. The summed E-state index contributed by atoms with van der Waals surface area (Å²) in [7, 11) is 0. The third-order valence-electron chi connectivity index (χ3n) is 5.90. The van der Waals surface area contributed by atoms with Crippen LogP contribution in [0.3, 0.4) is 0 Å². The fourth-order valence-corrected chi connectivity index (χ4v) is 6.37. The molecule has 4 aromatic rings. The molecule has 3 aromatic heterocycles. The largest absolute Gasteiger partial charge is 0.462 e. The molecule has 5 rings (SSSR count). The van der Waals surface area contributed by atoms with Gasteiger partial charge < -0.3 is 15.0 Å². The number of aromatic nitrogens is 4. The van der Waals surface area contributed by atoms with E-state index in [0.717, 1.165) is 42.1 Å². The Labute approximate surface area is 204 Å². The van der Waals surface area contributed by atoms with E-state index in [1.54, 1.807) is 6.92 Å². The number of para-hydroxylation sites is 1. The first kappa shape index (κ1) is 22.8. The number of rotatable bonds is 7. The van der Waals surface area contributed by atoms with Gasteiger partial charge in [-0.3, -0.25) is 4.79 Å². The number of H-pyrrole nitrogens is 1. The van der Waals surface area contributed by atoms with Crippen molar-refractivity contribution in [3.63, 3.8) is 0 Å². The molecular weight excluding hydrogens is 470 g/mol. The lowest BCUT2D eigenvalue weighted by Crippen LogP contribution is -2.25. The smallest absolute Gasteiger partial charge is 0.341 e. The highest BCUT2D eigenvalue weighted by molar-refractivity contribution is 8.00. The number of ether oxygens (including phenoxy) is 1. The minimum atomic E-state index is -0.433. The van der Waals surface area contributed by atoms with E-state index in [4.69, 9.17) is 4.74 Å². The summed E-state index contributed by atoms with van der Waals surface area (Å²) >= 11 is 2.76. The maximum absolute atomic E-state index is 13.2. The second-order valence-corrected chi connectivity index (χ2v) is 10.4. The third-order valence-corrected chi connectivity index (χ3v) is 8.32. The van der Waals surface area contributed by atoms with Gasteiger partial charge in [-0.25, -0.2) is 9.78 Å². The van der Waals surface area contributed by atoms with Crippen molar-refractivity contribution in [1.29, 1.82) is 0 Å². The number of thiophene rings is 1. The van der Waals surface area contributed by atoms with Crippen molar-refractivity contribution in [2.75, 3.05) is 11.9 Å². The molecule has 0 saturated carbocycles. The molecule has 1 aromatic carbocycles. The molecule has 0 bridgehead atoms. The Morgan fingerprint density at radius 2 is 2.03 bits per heavy atom. The number of hydrogen-bond donors (Lipinski definition) is 2. The molecule has 0 unspecified atom stereocenters. The summed E-state index contributed by atoms with van der Waals surface area (Å²) in [5.41, 5.74) is 3.85. The number of carbonyl (C=O) groups is 2. The number of anilines is 1. The van der Waals surface area contributed by atoms with Crippen molar-refractivity contribution in [1.82, 2.24) is 20.2 Å². The number of carbonyl (C=O) groups excluding carboxylic acids is 2. The lowest BCUT2D eigenvalue weighted by atomic mass is 9.95. The number of aromatic amines is 1. The maximum atomic E-state index is 13.2. The Balaban J connectivity index is 1.38. The highest BCUT2D eigenvalue weighted by atomic mass is 32.2. The van der Waals surface area contributed by atoms with Crippen molar-refractivity contribution < 1.29 is 14.3 Å². The molecule has 3 heterocycles. The van der Waals surface area contributed by atoms with E-state index in [1.165, 1.54) is 28.0 Å². The van der Waals surface area contributed by atoms with Crippen molar-refractivity contribution >= 4 is 62.0 Å². The summed E-state index contributed by atoms with van der Waals surface area (Å²) in [6, 6.07) is 7.84. The Kier molecular flexibility index (Phi) is 6.51. The minimum absolute atomic E-state index is 0.183. The van der Waals surface area contributed by atoms with Crippen LogP contribution in [0.4, 0.5) is 5.00 Å². The van der Waals surface area contributed by atoms with E-state index in [0.29, 0.717) is 39.9 Å². The van der Waals surface area contributed by atoms with Crippen LogP contribution in [0.1, 0.15) is 53.9 Å². The molecule has 1 aliphatic carbocycles. The fourth-order valence-electron chi connectivity index (χ4n) is 4.27. The average molecular weight is 496 g/mol. The summed E-state index contributed by atoms with van der Waals surface area (Å²) in [6.07, 6.45) is 4.48. The first-order valence-electron chi connectivity index (χ1n) is 11.5. The van der Waals surface area contributed by atoms with Gasteiger partial charge in [0.1, 0.15) is 10.5 Å². The zero-order chi connectivity index (χ0) is 23.7. The summed E-state index contributed by atoms with van der Waals surface area (Å²) in [5, 5.41) is 13.2. The van der Waals surface area contributed by atoms with E-state index in [-0.39, 0.29) is 11.9 Å². The molecule has 8 nitrogen and oxygen atoms in total. The Hall–Kier alpha value is -2.98. The SMILES string of the molecule is CCOC(=O)c1c(NC(=O)[C@@H](CC)Sc2nnc3c(n2)[nH]c2ccccc23)sc2c1CCCC2. The molecule has 176 valence electrons. The lowest BCUT2D eigenvalue weighted by Gasteiger charge is -2.14. The van der Waals surface area contributed by atoms with Gasteiger partial charge in [-0.05, 0) is 50.7 Å². The third kappa shape index (κ3) is 4.27. The molecule has 0 aliphatic heterocycles. The molecule has 2 N–H and O–H groups in total. The first-order valence-corrected chi connectivity index (χ1v) is 13.2. The van der Waals surface area contributed by atoms with Gasteiger partial charge in [-0.2, -0.15) is 0 Å². The van der Waals surface area contributed by atoms with Crippen molar-refractivity contribution in [3.8, 4) is 0 Å². The monoisotopic (exact) mass is 495 g/mol. The van der Waals surface area contributed by atoms with Crippen LogP contribution in [0.5, 0.6) is 0 Å². The second-order valence-electron chi connectivity index (χ2n) is 8.10. The van der Waals surface area contributed by atoms with E-state index in [9.17, 15) is 9.59 Å². The van der Waals surface area contributed by atoms with Crippen LogP contribution in [-0.2, 0) is 22.4 Å². The number of fused-ring (bicyclic) bond motifs is 4. The molecule has 1 amide bonds. The van der Waals surface area contributed by atoms with E-state index in [2.05, 4.69) is 25.5 Å². The number of benzene rings is 1. The van der Waals surface area contributed by atoms with Gasteiger partial charge in [0.25, 0.3) is 0 Å². The molecule has 34 heavy (non-hydrogen) atoms. The normalized spacial score (nSPS) is 14.2. The number of nitrogens with one attached hydrogen (secondary N) is 2. The zero-order valence-electron chi connectivity index (χ0n) is 19.0. The first-order chi connectivity index (χ1) is 16.6. The van der Waals surface area contributed by atoms with Gasteiger partial charge >= 0.3 is 5.97 Å². The summed E-state index contributed by atoms with van der Waals surface area (Å²) in [4.78, 5) is 35.0. The Morgan fingerprint density at radius 3 is 2.85 bits per heavy atom. The predicted molar refractivity (Wildman–Crippen MR) is 135 cm³/mol. The van der Waals surface area contributed by atoms with Crippen molar-refractivity contribution in [2.45, 2.75) is 56.4 Å². The Bertz CT molecular complexity index is 1380. The van der Waals surface area contributed by atoms with Crippen LogP contribution < -0.4 is 5.32 Å². The topological polar surface area (TPSA) is 110 Å². The molecule has 0 spiro atoms. The Morgan fingerprint density at radius 1 is 1.21 bits per heavy atom. The van der Waals surface area contributed by atoms with Gasteiger partial charge in [0.05, 0.1) is 17.4 Å². The van der Waals surface area contributed by atoms with Crippen LogP contribution >= 0.6 is 23.1 Å². The van der Waals surface area contributed by atoms with Crippen LogP contribution in [-0.4, -0.2) is 43.9 Å². The predicted octanol–water partition coefficient (Wildman–Crippen LogP) is 5.13. The molecule has 0 radical (unpaired) electrons. The van der Waals surface area contributed by atoms with Crippen LogP contribution in [0, 0.1) is 0 Å². The van der Waals surface area contributed by atoms with Gasteiger partial charge in [-0.15, -0.1) is 21.5 Å². The molecule has 0 fully saturated rings. The standard InChI is InChI=1S/C24H25N5O3S2/c1-3-16(34-24-26-20-19(28-29-24)13-9-5-7-11-15(13)25-20)21(30)27-22-18(23(31)32-4-2)14-10-6-8-12-17(14)33-22/h5,7,9,11,16H,3-4,6,8,10,12H2,1-2H3,(H,27,30)(H,25,26,29)/t16-/m1/s1. The minimum Gasteiger partial charge on any atom is -0.462 e. The number of aryl methyl sites for hydroxylation is 1. The second kappa shape index (κ2) is 9.71. The van der Waals surface area contributed by atoms with Gasteiger partial charge in [0.15, 0.2) is 5.65 Å². The highest BCUT2D eigenvalue weighted by Crippen LogP contribution is 2.39. The lowest BCUT2D eigenvalue weighted by molar-refractivity contribution is -0.115. The number of hydrogen-bond acceptors (Lipinski definition) is 8. The van der Waals surface area contributed by atoms with Crippen LogP contribution in [0.25, 0.3) is 22.1 Å². The maximum Gasteiger partial charge on any atom is 0.341 e. The summed E-state index contributed by atoms with van der Waals surface area (Å²) < 4.78 is 5.30. The highest BCUT2D eigenvalue weighted by Gasteiger charge is 2.29. The molecule has 1 atom stereocenters. The number of esters is 1. The van der Waals surface area contributed by atoms with Crippen LogP contribution in [0.15, 0.2) is 29.4 Å². The number of amides is 1. The fraction of sp³-hybridized carbons (Fsp3) is 0.375. The van der Waals surface area contributed by atoms with Crippen molar-refractivity contribution in [2.24, 2.45) is 0 Å². The van der Waals surface area contributed by atoms with Gasteiger partial charge in [-0.1, -0.05) is 36.9 Å².